The molecule has 4 nitrogen and oxygen atoms in total. The second-order valence-corrected chi connectivity index (χ2v) is 8.66. The summed E-state index contributed by atoms with van der Waals surface area (Å²) in [4.78, 5) is 12.9. The molecule has 0 amide bonds. The molecule has 1 aliphatic heterocycles. The highest BCUT2D eigenvalue weighted by atomic mass is 35.5. The van der Waals surface area contributed by atoms with E-state index in [9.17, 15) is 4.79 Å². The summed E-state index contributed by atoms with van der Waals surface area (Å²) in [7, 11) is 0. The minimum Gasteiger partial charge on any atom is -0.343 e. The third-order valence-corrected chi connectivity index (χ3v) is 5.57. The number of hydrogen-bond acceptors (Lipinski definition) is 3. The van der Waals surface area contributed by atoms with E-state index in [1.54, 1.807) is 0 Å². The fraction of sp³-hybridized carbons (Fsp3) is 0.429. The summed E-state index contributed by atoms with van der Waals surface area (Å²) in [6, 6.07) is 7.88. The fourth-order valence-corrected chi connectivity index (χ4v) is 4.30. The maximum Gasteiger partial charge on any atom is 0.143 e. The summed E-state index contributed by atoms with van der Waals surface area (Å²) < 4.78 is 2.05. The minimum atomic E-state index is -0.172. The molecule has 1 aromatic carbocycles. The maximum atomic E-state index is 12.9. The van der Waals surface area contributed by atoms with E-state index in [2.05, 4.69) is 36.8 Å². The average Bonchev–Trinajstić information content (AvgIpc) is 2.91. The molecule has 0 unspecified atom stereocenters. The lowest BCUT2D eigenvalue weighted by atomic mass is 9.72. The molecule has 1 aliphatic carbocycles. The van der Waals surface area contributed by atoms with Crippen molar-refractivity contribution in [3.8, 4) is 0 Å². The summed E-state index contributed by atoms with van der Waals surface area (Å²) in [5, 5.41) is 9.08. The maximum absolute atomic E-state index is 12.9. The zero-order valence-electron chi connectivity index (χ0n) is 15.6. The lowest BCUT2D eigenvalue weighted by Crippen LogP contribution is -2.36. The van der Waals surface area contributed by atoms with Crippen molar-refractivity contribution < 1.29 is 4.79 Å². The molecular formula is C21H24ClN3O. The summed E-state index contributed by atoms with van der Waals surface area (Å²) in [6.07, 6.45) is 3.57. The molecule has 2 aliphatic rings. The highest BCUT2D eigenvalue weighted by Crippen LogP contribution is 2.48. The van der Waals surface area contributed by atoms with Crippen LogP contribution < -0.4 is 5.32 Å². The third-order valence-electron chi connectivity index (χ3n) is 5.32. The van der Waals surface area contributed by atoms with Crippen molar-refractivity contribution in [3.05, 3.63) is 57.9 Å². The van der Waals surface area contributed by atoms with E-state index in [0.717, 1.165) is 34.8 Å². The Balaban J connectivity index is 1.97. The van der Waals surface area contributed by atoms with Crippen LogP contribution >= 0.6 is 11.6 Å². The van der Waals surface area contributed by atoms with Gasteiger partial charge in [-0.15, -0.1) is 0 Å². The number of nitrogens with one attached hydrogen (secondary N) is 1. The van der Waals surface area contributed by atoms with Crippen molar-refractivity contribution in [1.82, 2.24) is 9.78 Å². The molecule has 0 bridgehead atoms. The number of nitrogens with zero attached hydrogens (tertiary/aromatic N) is 2. The second-order valence-electron chi connectivity index (χ2n) is 8.23. The summed E-state index contributed by atoms with van der Waals surface area (Å²) in [6.45, 7) is 8.47. The van der Waals surface area contributed by atoms with Crippen molar-refractivity contribution in [2.24, 2.45) is 5.92 Å². The summed E-state index contributed by atoms with van der Waals surface area (Å²) >= 11 is 6.10. The van der Waals surface area contributed by atoms with Gasteiger partial charge in [-0.25, -0.2) is 4.68 Å². The van der Waals surface area contributed by atoms with E-state index in [0.29, 0.717) is 17.2 Å². The van der Waals surface area contributed by atoms with Crippen LogP contribution in [0.1, 0.15) is 56.4 Å². The van der Waals surface area contributed by atoms with Crippen LogP contribution in [-0.2, 0) is 10.3 Å². The monoisotopic (exact) mass is 369 g/mol. The molecule has 0 saturated heterocycles. The van der Waals surface area contributed by atoms with E-state index < -0.39 is 0 Å². The zero-order chi connectivity index (χ0) is 18.6. The largest absolute Gasteiger partial charge is 0.343 e. The Labute approximate surface area is 159 Å². The number of allylic oxidation sites excluding steroid dienone is 2. The first-order valence-corrected chi connectivity index (χ1v) is 9.50. The minimum absolute atomic E-state index is 0.0290. The average molecular weight is 370 g/mol. The number of rotatable bonds is 1. The molecule has 0 spiro atoms. The Hall–Kier alpha value is -2.07. The molecule has 136 valence electrons. The van der Waals surface area contributed by atoms with Crippen LogP contribution in [0.2, 0.25) is 5.02 Å². The molecule has 0 fully saturated rings. The molecule has 0 saturated carbocycles. The van der Waals surface area contributed by atoms with Gasteiger partial charge in [-0.05, 0) is 51.8 Å². The fourth-order valence-electron chi connectivity index (χ4n) is 4.17. The van der Waals surface area contributed by atoms with Crippen LogP contribution in [0.3, 0.4) is 0 Å². The third kappa shape index (κ3) is 2.67. The molecule has 26 heavy (non-hydrogen) atoms. The molecule has 2 atom stereocenters. The van der Waals surface area contributed by atoms with Gasteiger partial charge in [0.1, 0.15) is 11.6 Å². The zero-order valence-corrected chi connectivity index (χ0v) is 16.4. The molecule has 1 aromatic heterocycles. The molecule has 0 radical (unpaired) electrons. The number of aryl methyl sites for hydroxylation is 1. The van der Waals surface area contributed by atoms with Gasteiger partial charge in [0, 0.05) is 28.6 Å². The number of carbonyl (C=O) groups excluding carboxylic acids is 1. The van der Waals surface area contributed by atoms with E-state index in [4.69, 9.17) is 16.7 Å². The highest BCUT2D eigenvalue weighted by Gasteiger charge is 2.43. The summed E-state index contributed by atoms with van der Waals surface area (Å²) in [5.41, 5.74) is 4.07. The molecule has 5 heteroatoms. The SMILES string of the molecule is Cc1nn(C(C)(C)C)c2c1[C@H](c1ccc(Cl)cc1)[C@H]1C(=O)CCC=C1N2. The van der Waals surface area contributed by atoms with Gasteiger partial charge in [0.25, 0.3) is 0 Å². The first-order chi connectivity index (χ1) is 12.3. The standard InChI is InChI=1S/C21H24ClN3O/c1-12-17-18(13-8-10-14(22)11-9-13)19-15(6-5-7-16(19)26)23-20(17)25(24-12)21(2,3)4/h6,8-11,18-19,23H,5,7H2,1-4H3/t18-,19+/m0/s1. The molecule has 2 aromatic rings. The Kier molecular flexibility index (Phi) is 3.99. The number of benzene rings is 1. The van der Waals surface area contributed by atoms with Crippen LogP contribution in [0.5, 0.6) is 0 Å². The second kappa shape index (κ2) is 5.98. The van der Waals surface area contributed by atoms with Gasteiger partial charge in [0.15, 0.2) is 0 Å². The predicted molar refractivity (Wildman–Crippen MR) is 105 cm³/mol. The van der Waals surface area contributed by atoms with E-state index in [1.165, 1.54) is 0 Å². The number of Topliss-reactive ketones (excluding diaryl/α,β-unsaturated/α-hetero) is 1. The number of aromatic nitrogens is 2. The number of anilines is 1. The van der Waals surface area contributed by atoms with Crippen molar-refractivity contribution in [3.63, 3.8) is 0 Å². The normalized spacial score (nSPS) is 22.3. The predicted octanol–water partition coefficient (Wildman–Crippen LogP) is 5.02. The Bertz CT molecular complexity index is 903. The van der Waals surface area contributed by atoms with Gasteiger partial charge in [0.2, 0.25) is 0 Å². The van der Waals surface area contributed by atoms with E-state index >= 15 is 0 Å². The van der Waals surface area contributed by atoms with Crippen LogP contribution in [0.25, 0.3) is 0 Å². The Morgan fingerprint density at radius 1 is 1.19 bits per heavy atom. The highest BCUT2D eigenvalue weighted by molar-refractivity contribution is 6.30. The quantitative estimate of drug-likeness (QED) is 0.767. The number of carbonyl (C=O) groups is 1. The van der Waals surface area contributed by atoms with Crippen molar-refractivity contribution in [2.75, 3.05) is 5.32 Å². The van der Waals surface area contributed by atoms with E-state index in [1.807, 2.05) is 31.2 Å². The number of halogens is 1. The van der Waals surface area contributed by atoms with Crippen LogP contribution in [0.15, 0.2) is 36.0 Å². The van der Waals surface area contributed by atoms with Crippen molar-refractivity contribution in [2.45, 2.75) is 52.0 Å². The first-order valence-electron chi connectivity index (χ1n) is 9.12. The van der Waals surface area contributed by atoms with Crippen molar-refractivity contribution >= 4 is 23.2 Å². The van der Waals surface area contributed by atoms with Gasteiger partial charge < -0.3 is 5.32 Å². The van der Waals surface area contributed by atoms with Crippen LogP contribution in [0.4, 0.5) is 5.82 Å². The molecular weight excluding hydrogens is 346 g/mol. The van der Waals surface area contributed by atoms with Gasteiger partial charge in [-0.2, -0.15) is 5.10 Å². The van der Waals surface area contributed by atoms with Gasteiger partial charge in [0.05, 0.1) is 17.2 Å². The molecule has 1 N–H and O–H groups in total. The molecule has 4 rings (SSSR count). The Morgan fingerprint density at radius 2 is 1.88 bits per heavy atom. The topological polar surface area (TPSA) is 46.9 Å². The van der Waals surface area contributed by atoms with Crippen LogP contribution in [0, 0.1) is 12.8 Å². The number of fused-ring (bicyclic) bond motifs is 2. The lowest BCUT2D eigenvalue weighted by molar-refractivity contribution is -0.122. The van der Waals surface area contributed by atoms with E-state index in [-0.39, 0.29) is 17.4 Å². The Morgan fingerprint density at radius 3 is 2.54 bits per heavy atom. The van der Waals surface area contributed by atoms with Gasteiger partial charge in [-0.3, -0.25) is 4.79 Å². The van der Waals surface area contributed by atoms with Gasteiger partial charge >= 0.3 is 0 Å². The smallest absolute Gasteiger partial charge is 0.143 e. The lowest BCUT2D eigenvalue weighted by Gasteiger charge is -2.38. The first kappa shape index (κ1) is 17.3. The number of hydrogen-bond donors (Lipinski definition) is 1. The molecule has 2 heterocycles. The summed E-state index contributed by atoms with van der Waals surface area (Å²) in [5.74, 6) is 1.10. The number of ketones is 1. The van der Waals surface area contributed by atoms with Gasteiger partial charge in [-0.1, -0.05) is 29.8 Å². The van der Waals surface area contributed by atoms with Crippen LogP contribution in [-0.4, -0.2) is 15.6 Å². The van der Waals surface area contributed by atoms with Crippen molar-refractivity contribution in [1.29, 1.82) is 0 Å².